The number of aryl methyl sites for hydroxylation is 1. The summed E-state index contributed by atoms with van der Waals surface area (Å²) in [4.78, 5) is 24.5. The Morgan fingerprint density at radius 3 is 2.69 bits per heavy atom. The summed E-state index contributed by atoms with van der Waals surface area (Å²) in [5.41, 5.74) is 3.14. The lowest BCUT2D eigenvalue weighted by Gasteiger charge is -2.34. The van der Waals surface area contributed by atoms with Gasteiger partial charge < -0.3 is 14.8 Å². The minimum Gasteiger partial charge on any atom is -0.487 e. The van der Waals surface area contributed by atoms with E-state index in [9.17, 15) is 14.0 Å². The maximum Gasteiger partial charge on any atom is 0.223 e. The van der Waals surface area contributed by atoms with Crippen molar-refractivity contribution in [3.05, 3.63) is 52.8 Å². The number of halogens is 1. The first kappa shape index (κ1) is 22.5. The third-order valence-corrected chi connectivity index (χ3v) is 6.28. The molecule has 2 aromatic carbocycles. The van der Waals surface area contributed by atoms with Crippen LogP contribution >= 0.6 is 0 Å². The number of ketones is 1. The zero-order valence-corrected chi connectivity index (χ0v) is 19.1. The summed E-state index contributed by atoms with van der Waals surface area (Å²) < 4.78 is 26.6. The Morgan fingerprint density at radius 2 is 1.97 bits per heavy atom. The number of hydrogen-bond acceptors (Lipinski definition) is 4. The minimum atomic E-state index is -0.398. The van der Waals surface area contributed by atoms with Crippen molar-refractivity contribution >= 4 is 11.7 Å². The zero-order chi connectivity index (χ0) is 23.0. The topological polar surface area (TPSA) is 64.6 Å². The van der Waals surface area contributed by atoms with E-state index in [0.29, 0.717) is 48.4 Å². The Balaban J connectivity index is 1.50. The van der Waals surface area contributed by atoms with Crippen molar-refractivity contribution in [3.8, 4) is 16.9 Å². The summed E-state index contributed by atoms with van der Waals surface area (Å²) >= 11 is 0. The summed E-state index contributed by atoms with van der Waals surface area (Å²) in [5.74, 6) is 0.0709. The lowest BCUT2D eigenvalue weighted by Crippen LogP contribution is -2.43. The molecule has 1 fully saturated rings. The fourth-order valence-electron chi connectivity index (χ4n) is 4.67. The van der Waals surface area contributed by atoms with Gasteiger partial charge in [-0.2, -0.15) is 0 Å². The van der Waals surface area contributed by atoms with Gasteiger partial charge in [-0.15, -0.1) is 0 Å². The number of carbonyl (C=O) groups is 2. The Morgan fingerprint density at radius 1 is 1.19 bits per heavy atom. The Labute approximate surface area is 188 Å². The Bertz CT molecular complexity index is 1060. The molecule has 2 aromatic rings. The predicted molar refractivity (Wildman–Crippen MR) is 120 cm³/mol. The average Bonchev–Trinajstić information content (AvgIpc) is 3.13. The van der Waals surface area contributed by atoms with Gasteiger partial charge in [0.05, 0.1) is 12.1 Å². The second kappa shape index (κ2) is 8.66. The highest BCUT2D eigenvalue weighted by atomic mass is 19.1. The van der Waals surface area contributed by atoms with E-state index in [4.69, 9.17) is 9.47 Å². The molecule has 2 aliphatic rings. The third-order valence-electron chi connectivity index (χ3n) is 6.28. The highest BCUT2D eigenvalue weighted by Crippen LogP contribution is 2.41. The largest absolute Gasteiger partial charge is 0.487 e. The van der Waals surface area contributed by atoms with Gasteiger partial charge in [0.2, 0.25) is 5.91 Å². The van der Waals surface area contributed by atoms with Crippen LogP contribution in [0.1, 0.15) is 55.1 Å². The van der Waals surface area contributed by atoms with E-state index in [1.54, 1.807) is 6.07 Å². The number of fused-ring (bicyclic) bond motifs is 1. The van der Waals surface area contributed by atoms with E-state index >= 15 is 0 Å². The number of carbonyl (C=O) groups excluding carboxylic acids is 2. The molecule has 0 spiro atoms. The van der Waals surface area contributed by atoms with Gasteiger partial charge in [0.25, 0.3) is 0 Å². The standard InChI is InChI=1S/C26H30FNO4/c1-15-9-19-11-20(14-28-25(30)18-7-8-31-26(3,4)13-18)32-24(19)22(10-15)21-12-17(16(2)29)5-6-23(21)27/h5-6,9-10,12,18,20H,7-8,11,13-14H2,1-4H3,(H,28,30). The van der Waals surface area contributed by atoms with Crippen LogP contribution in [0, 0.1) is 18.7 Å². The molecule has 0 aliphatic carbocycles. The first-order valence-corrected chi connectivity index (χ1v) is 11.2. The third kappa shape index (κ3) is 4.70. The van der Waals surface area contributed by atoms with E-state index in [2.05, 4.69) is 5.32 Å². The van der Waals surface area contributed by atoms with Crippen LogP contribution < -0.4 is 10.1 Å². The van der Waals surface area contributed by atoms with Crippen LogP contribution in [-0.4, -0.2) is 36.5 Å². The average molecular weight is 440 g/mol. The van der Waals surface area contributed by atoms with Crippen LogP contribution in [0.2, 0.25) is 0 Å². The number of hydrogen-bond donors (Lipinski definition) is 1. The summed E-state index contributed by atoms with van der Waals surface area (Å²) in [6.45, 7) is 8.41. The molecule has 6 heteroatoms. The molecule has 0 radical (unpaired) electrons. The van der Waals surface area contributed by atoms with Crippen molar-refractivity contribution in [2.75, 3.05) is 13.2 Å². The lowest BCUT2D eigenvalue weighted by atomic mass is 9.88. The van der Waals surface area contributed by atoms with Crippen LogP contribution in [0.3, 0.4) is 0 Å². The van der Waals surface area contributed by atoms with Crippen LogP contribution in [0.25, 0.3) is 11.1 Å². The number of Topliss-reactive ketones (excluding diaryl/α,β-unsaturated/α-hetero) is 1. The van der Waals surface area contributed by atoms with Gasteiger partial charge in [0, 0.05) is 35.6 Å². The van der Waals surface area contributed by atoms with Crippen molar-refractivity contribution < 1.29 is 23.5 Å². The lowest BCUT2D eigenvalue weighted by molar-refractivity contribution is -0.135. The molecular weight excluding hydrogens is 409 g/mol. The maximum absolute atomic E-state index is 14.7. The van der Waals surface area contributed by atoms with Gasteiger partial charge in [0.1, 0.15) is 17.7 Å². The minimum absolute atomic E-state index is 0.0255. The van der Waals surface area contributed by atoms with Gasteiger partial charge in [-0.05, 0) is 75.9 Å². The Hall–Kier alpha value is -2.73. The number of benzene rings is 2. The molecule has 1 amide bonds. The SMILES string of the molecule is CC(=O)c1ccc(F)c(-c2cc(C)cc3c2OC(CNC(=O)C2CCOC(C)(C)C2)C3)c1. The first-order valence-electron chi connectivity index (χ1n) is 11.2. The van der Waals surface area contributed by atoms with Gasteiger partial charge in [0.15, 0.2) is 5.78 Å². The fraction of sp³-hybridized carbons (Fsp3) is 0.462. The zero-order valence-electron chi connectivity index (χ0n) is 19.1. The van der Waals surface area contributed by atoms with E-state index in [0.717, 1.165) is 17.5 Å². The second-order valence-corrected chi connectivity index (χ2v) is 9.54. The van der Waals surface area contributed by atoms with Crippen molar-refractivity contribution in [2.45, 2.75) is 58.7 Å². The maximum atomic E-state index is 14.7. The van der Waals surface area contributed by atoms with Gasteiger partial charge in [-0.1, -0.05) is 6.07 Å². The molecule has 0 saturated carbocycles. The van der Waals surface area contributed by atoms with E-state index in [1.165, 1.54) is 19.1 Å². The number of ether oxygens (including phenoxy) is 2. The molecule has 1 N–H and O–H groups in total. The van der Waals surface area contributed by atoms with Gasteiger partial charge in [-0.3, -0.25) is 9.59 Å². The van der Waals surface area contributed by atoms with Crippen LogP contribution in [0.5, 0.6) is 5.75 Å². The van der Waals surface area contributed by atoms with Crippen molar-refractivity contribution in [2.24, 2.45) is 5.92 Å². The van der Waals surface area contributed by atoms with Crippen LogP contribution in [0.4, 0.5) is 4.39 Å². The van der Waals surface area contributed by atoms with E-state index < -0.39 is 5.82 Å². The van der Waals surface area contributed by atoms with E-state index in [1.807, 2.05) is 32.9 Å². The smallest absolute Gasteiger partial charge is 0.223 e. The van der Waals surface area contributed by atoms with Crippen molar-refractivity contribution in [3.63, 3.8) is 0 Å². The molecule has 1 saturated heterocycles. The molecular formula is C26H30FNO4. The second-order valence-electron chi connectivity index (χ2n) is 9.54. The molecule has 4 rings (SSSR count). The monoisotopic (exact) mass is 439 g/mol. The highest BCUT2D eigenvalue weighted by molar-refractivity contribution is 5.95. The number of amides is 1. The summed E-state index contributed by atoms with van der Waals surface area (Å²) in [6.07, 6.45) is 1.83. The van der Waals surface area contributed by atoms with Crippen molar-refractivity contribution in [1.82, 2.24) is 5.32 Å². The van der Waals surface area contributed by atoms with Gasteiger partial charge in [-0.25, -0.2) is 4.39 Å². The molecule has 2 heterocycles. The quantitative estimate of drug-likeness (QED) is 0.690. The number of nitrogens with one attached hydrogen (secondary N) is 1. The molecule has 5 nitrogen and oxygen atoms in total. The van der Waals surface area contributed by atoms with Crippen LogP contribution in [0.15, 0.2) is 30.3 Å². The number of rotatable bonds is 5. The van der Waals surface area contributed by atoms with Gasteiger partial charge >= 0.3 is 0 Å². The molecule has 0 aromatic heterocycles. The van der Waals surface area contributed by atoms with E-state index in [-0.39, 0.29) is 29.3 Å². The summed E-state index contributed by atoms with van der Waals surface area (Å²) in [5, 5.41) is 3.04. The first-order chi connectivity index (χ1) is 15.1. The molecule has 0 bridgehead atoms. The molecule has 2 aliphatic heterocycles. The highest BCUT2D eigenvalue weighted by Gasteiger charge is 2.34. The van der Waals surface area contributed by atoms with Crippen LogP contribution in [-0.2, 0) is 16.0 Å². The summed E-state index contributed by atoms with van der Waals surface area (Å²) in [7, 11) is 0. The normalized spacial score (nSPS) is 21.5. The predicted octanol–water partition coefficient (Wildman–Crippen LogP) is 4.63. The fourth-order valence-corrected chi connectivity index (χ4v) is 4.67. The summed E-state index contributed by atoms with van der Waals surface area (Å²) in [6, 6.07) is 8.31. The molecule has 2 unspecified atom stereocenters. The van der Waals surface area contributed by atoms with Crippen molar-refractivity contribution in [1.29, 1.82) is 0 Å². The Kier molecular flexibility index (Phi) is 6.08. The molecule has 32 heavy (non-hydrogen) atoms. The molecule has 170 valence electrons. The molecule has 2 atom stereocenters.